The van der Waals surface area contributed by atoms with Crippen LogP contribution in [0.5, 0.6) is 0 Å². The molecule has 0 radical (unpaired) electrons. The fraction of sp³-hybridized carbons (Fsp3) is 0.722. The third kappa shape index (κ3) is 3.96. The van der Waals surface area contributed by atoms with Gasteiger partial charge in [-0.2, -0.15) is 0 Å². The lowest BCUT2D eigenvalue weighted by atomic mass is 10.0. The number of amides is 1. The number of furan rings is 1. The van der Waals surface area contributed by atoms with Gasteiger partial charge in [0.1, 0.15) is 5.76 Å². The van der Waals surface area contributed by atoms with Crippen LogP contribution in [0.4, 0.5) is 0 Å². The standard InChI is InChI=1S/C18H29N3O2/c1-13(2)16(21-8-6-20(3)7-9-21)12-19-18(22)15-11-14(15)17-5-4-10-23-17/h4-5,10,13-16H,6-9,11-12H2,1-3H3,(H,19,22). The Bertz CT molecular complexity index is 506. The molecule has 23 heavy (non-hydrogen) atoms. The molecule has 3 atom stereocenters. The molecule has 1 amide bonds. The first-order valence-corrected chi connectivity index (χ1v) is 8.80. The second-order valence-corrected chi connectivity index (χ2v) is 7.36. The SMILES string of the molecule is CC(C)C(CNC(=O)C1CC1c1ccco1)N1CCN(C)CC1. The molecule has 1 aromatic heterocycles. The molecule has 0 spiro atoms. The van der Waals surface area contributed by atoms with Gasteiger partial charge in [0.2, 0.25) is 5.91 Å². The third-order valence-corrected chi connectivity index (χ3v) is 5.30. The van der Waals surface area contributed by atoms with Crippen LogP contribution in [0.25, 0.3) is 0 Å². The molecule has 1 aliphatic heterocycles. The Labute approximate surface area is 139 Å². The minimum Gasteiger partial charge on any atom is -0.469 e. The Morgan fingerprint density at radius 1 is 1.35 bits per heavy atom. The summed E-state index contributed by atoms with van der Waals surface area (Å²) in [5.41, 5.74) is 0. The number of piperazine rings is 1. The van der Waals surface area contributed by atoms with Crippen LogP contribution in [-0.2, 0) is 4.79 Å². The van der Waals surface area contributed by atoms with Crippen LogP contribution >= 0.6 is 0 Å². The lowest BCUT2D eigenvalue weighted by Gasteiger charge is -2.40. The molecule has 3 unspecified atom stereocenters. The number of carbonyl (C=O) groups is 1. The molecule has 0 aromatic carbocycles. The van der Waals surface area contributed by atoms with Gasteiger partial charge in [-0.25, -0.2) is 0 Å². The molecule has 2 aliphatic rings. The average molecular weight is 319 g/mol. The van der Waals surface area contributed by atoms with Crippen LogP contribution in [0.3, 0.4) is 0 Å². The maximum atomic E-state index is 12.4. The zero-order valence-corrected chi connectivity index (χ0v) is 14.5. The number of hydrogen-bond donors (Lipinski definition) is 1. The fourth-order valence-corrected chi connectivity index (χ4v) is 3.58. The highest BCUT2D eigenvalue weighted by Crippen LogP contribution is 2.47. The van der Waals surface area contributed by atoms with Crippen LogP contribution < -0.4 is 5.32 Å². The van der Waals surface area contributed by atoms with Gasteiger partial charge >= 0.3 is 0 Å². The van der Waals surface area contributed by atoms with Crippen LogP contribution in [0.15, 0.2) is 22.8 Å². The summed E-state index contributed by atoms with van der Waals surface area (Å²) in [4.78, 5) is 17.3. The van der Waals surface area contributed by atoms with Gasteiger partial charge in [0.15, 0.2) is 0 Å². The van der Waals surface area contributed by atoms with E-state index in [4.69, 9.17) is 4.42 Å². The van der Waals surface area contributed by atoms with Crippen molar-refractivity contribution in [1.82, 2.24) is 15.1 Å². The third-order valence-electron chi connectivity index (χ3n) is 5.30. The summed E-state index contributed by atoms with van der Waals surface area (Å²) in [6.45, 7) is 9.65. The molecule has 1 saturated heterocycles. The van der Waals surface area contributed by atoms with Crippen molar-refractivity contribution in [3.63, 3.8) is 0 Å². The van der Waals surface area contributed by atoms with E-state index < -0.39 is 0 Å². The Kier molecular flexibility index (Phi) is 5.07. The van der Waals surface area contributed by atoms with Crippen LogP contribution in [-0.4, -0.2) is 61.5 Å². The maximum Gasteiger partial charge on any atom is 0.223 e. The number of nitrogens with one attached hydrogen (secondary N) is 1. The summed E-state index contributed by atoms with van der Waals surface area (Å²) in [5.74, 6) is 2.06. The topological polar surface area (TPSA) is 48.7 Å². The summed E-state index contributed by atoms with van der Waals surface area (Å²) in [5, 5.41) is 3.19. The number of rotatable bonds is 6. The van der Waals surface area contributed by atoms with E-state index in [2.05, 4.69) is 36.0 Å². The van der Waals surface area contributed by atoms with E-state index in [0.29, 0.717) is 12.0 Å². The highest BCUT2D eigenvalue weighted by Gasteiger charge is 2.45. The zero-order chi connectivity index (χ0) is 16.4. The molecule has 1 saturated carbocycles. The highest BCUT2D eigenvalue weighted by molar-refractivity contribution is 5.82. The number of carbonyl (C=O) groups excluding carboxylic acids is 1. The van der Waals surface area contributed by atoms with Gasteiger partial charge in [-0.05, 0) is 31.5 Å². The van der Waals surface area contributed by atoms with E-state index in [-0.39, 0.29) is 17.7 Å². The first-order valence-electron chi connectivity index (χ1n) is 8.80. The number of hydrogen-bond acceptors (Lipinski definition) is 4. The van der Waals surface area contributed by atoms with Gasteiger partial charge in [-0.15, -0.1) is 0 Å². The number of likely N-dealkylation sites (N-methyl/N-ethyl adjacent to an activating group) is 1. The molecular formula is C18H29N3O2. The van der Waals surface area contributed by atoms with Crippen molar-refractivity contribution in [2.75, 3.05) is 39.8 Å². The van der Waals surface area contributed by atoms with Crippen LogP contribution in [0.2, 0.25) is 0 Å². The monoisotopic (exact) mass is 319 g/mol. The van der Waals surface area contributed by atoms with E-state index >= 15 is 0 Å². The van der Waals surface area contributed by atoms with Crippen molar-refractivity contribution in [1.29, 1.82) is 0 Å². The normalized spacial score (nSPS) is 27.1. The molecule has 1 aliphatic carbocycles. The second kappa shape index (κ2) is 7.05. The fourth-order valence-electron chi connectivity index (χ4n) is 3.58. The summed E-state index contributed by atoms with van der Waals surface area (Å²) < 4.78 is 5.41. The predicted molar refractivity (Wildman–Crippen MR) is 90.3 cm³/mol. The largest absolute Gasteiger partial charge is 0.469 e. The van der Waals surface area contributed by atoms with Gasteiger partial charge in [0, 0.05) is 50.6 Å². The van der Waals surface area contributed by atoms with Crippen LogP contribution in [0, 0.1) is 11.8 Å². The average Bonchev–Trinajstić information content (AvgIpc) is 3.14. The quantitative estimate of drug-likeness (QED) is 0.868. The smallest absolute Gasteiger partial charge is 0.223 e. The minimum atomic E-state index is 0.0986. The van der Waals surface area contributed by atoms with E-state index in [1.165, 1.54) is 0 Å². The molecule has 0 bridgehead atoms. The van der Waals surface area contributed by atoms with Crippen molar-refractivity contribution < 1.29 is 9.21 Å². The molecule has 2 fully saturated rings. The molecule has 128 valence electrons. The molecule has 5 nitrogen and oxygen atoms in total. The predicted octanol–water partition coefficient (Wildman–Crippen LogP) is 1.77. The Hall–Kier alpha value is -1.33. The Morgan fingerprint density at radius 2 is 2.09 bits per heavy atom. The summed E-state index contributed by atoms with van der Waals surface area (Å²) in [7, 11) is 2.17. The highest BCUT2D eigenvalue weighted by atomic mass is 16.3. The summed E-state index contributed by atoms with van der Waals surface area (Å²) in [6, 6.07) is 4.29. The van der Waals surface area contributed by atoms with E-state index in [0.717, 1.165) is 44.9 Å². The molecule has 3 rings (SSSR count). The molecular weight excluding hydrogens is 290 g/mol. The maximum absolute atomic E-state index is 12.4. The first-order chi connectivity index (χ1) is 11.1. The van der Waals surface area contributed by atoms with Crippen molar-refractivity contribution in [2.24, 2.45) is 11.8 Å². The minimum absolute atomic E-state index is 0.0986. The lowest BCUT2D eigenvalue weighted by molar-refractivity contribution is -0.122. The lowest BCUT2D eigenvalue weighted by Crippen LogP contribution is -2.54. The molecule has 2 heterocycles. The van der Waals surface area contributed by atoms with Crippen LogP contribution in [0.1, 0.15) is 31.9 Å². The number of nitrogens with zero attached hydrogens (tertiary/aromatic N) is 2. The van der Waals surface area contributed by atoms with E-state index in [9.17, 15) is 4.79 Å². The summed E-state index contributed by atoms with van der Waals surface area (Å²) >= 11 is 0. The van der Waals surface area contributed by atoms with Gasteiger partial charge in [0.05, 0.1) is 6.26 Å². The van der Waals surface area contributed by atoms with Gasteiger partial charge in [-0.3, -0.25) is 9.69 Å². The van der Waals surface area contributed by atoms with Crippen molar-refractivity contribution in [3.05, 3.63) is 24.2 Å². The molecule has 1 aromatic rings. The van der Waals surface area contributed by atoms with Gasteiger partial charge in [0.25, 0.3) is 0 Å². The van der Waals surface area contributed by atoms with Crippen molar-refractivity contribution in [3.8, 4) is 0 Å². The Morgan fingerprint density at radius 3 is 2.70 bits per heavy atom. The Balaban J connectivity index is 1.48. The first kappa shape index (κ1) is 16.5. The molecule has 1 N–H and O–H groups in total. The van der Waals surface area contributed by atoms with Gasteiger partial charge in [-0.1, -0.05) is 13.8 Å². The second-order valence-electron chi connectivity index (χ2n) is 7.36. The van der Waals surface area contributed by atoms with E-state index in [1.54, 1.807) is 6.26 Å². The summed E-state index contributed by atoms with van der Waals surface area (Å²) in [6.07, 6.45) is 2.60. The molecule has 5 heteroatoms. The van der Waals surface area contributed by atoms with Gasteiger partial charge < -0.3 is 14.6 Å². The van der Waals surface area contributed by atoms with E-state index in [1.807, 2.05) is 12.1 Å². The van der Waals surface area contributed by atoms with Crippen molar-refractivity contribution in [2.45, 2.75) is 32.2 Å². The zero-order valence-electron chi connectivity index (χ0n) is 14.5. The van der Waals surface area contributed by atoms with Crippen molar-refractivity contribution >= 4 is 5.91 Å².